The van der Waals surface area contributed by atoms with E-state index >= 15 is 0 Å². The highest BCUT2D eigenvalue weighted by atomic mass is 16.7. The molecule has 0 aromatic heterocycles. The van der Waals surface area contributed by atoms with E-state index in [1.165, 1.54) is 44.9 Å². The number of aliphatic hydroxyl groups is 2. The zero-order valence-corrected chi connectivity index (χ0v) is 44.4. The molecule has 1 fully saturated rings. The molecule has 0 aromatic carbocycles. The Morgan fingerprint density at radius 1 is 0.479 bits per heavy atom. The quantitative estimate of drug-likeness (QED) is 0.0228. The zero-order valence-electron chi connectivity index (χ0n) is 44.4. The first-order valence-corrected chi connectivity index (χ1v) is 27.9. The minimum Gasteiger partial charge on any atom is -0.479 e. The Bertz CT molecular complexity index is 1510. The van der Waals surface area contributed by atoms with Gasteiger partial charge >= 0.3 is 23.9 Å². The number of aliphatic carboxylic acids is 1. The highest BCUT2D eigenvalue weighted by Gasteiger charge is 2.50. The molecule has 1 aliphatic rings. The number of ether oxygens (including phenoxy) is 5. The Labute approximate surface area is 429 Å². The smallest absolute Gasteiger partial charge is 0.335 e. The van der Waals surface area contributed by atoms with Crippen molar-refractivity contribution < 1.29 is 58.2 Å². The number of carboxylic acid groups (broad SMARTS) is 1. The van der Waals surface area contributed by atoms with Gasteiger partial charge in [0.05, 0.1) is 6.61 Å². The Morgan fingerprint density at radius 2 is 0.887 bits per heavy atom. The van der Waals surface area contributed by atoms with Crippen molar-refractivity contribution in [1.82, 2.24) is 0 Å². The van der Waals surface area contributed by atoms with Gasteiger partial charge in [0.15, 0.2) is 24.6 Å². The summed E-state index contributed by atoms with van der Waals surface area (Å²) in [4.78, 5) is 50.9. The van der Waals surface area contributed by atoms with Gasteiger partial charge in [-0.3, -0.25) is 14.4 Å². The molecule has 12 nitrogen and oxygen atoms in total. The fraction of sp³-hybridized carbons (Fsp3) is 0.729. The van der Waals surface area contributed by atoms with E-state index in [-0.39, 0.29) is 25.9 Å². The van der Waals surface area contributed by atoms with E-state index in [1.807, 2.05) is 0 Å². The highest BCUT2D eigenvalue weighted by Crippen LogP contribution is 2.26. The number of carbonyl (C=O) groups excluding carboxylic acids is 3. The molecule has 0 aromatic rings. The number of esters is 3. The molecule has 12 heteroatoms. The fourth-order valence-electron chi connectivity index (χ4n) is 8.04. The number of rotatable bonds is 46. The molecule has 0 amide bonds. The molecular formula is C59H98O12. The topological polar surface area (TPSA) is 175 Å². The normalized spacial score (nSPS) is 19.0. The third kappa shape index (κ3) is 37.6. The van der Waals surface area contributed by atoms with Crippen molar-refractivity contribution >= 4 is 23.9 Å². The van der Waals surface area contributed by atoms with Crippen LogP contribution in [-0.4, -0.2) is 89.2 Å². The van der Waals surface area contributed by atoms with Crippen LogP contribution in [0.1, 0.15) is 226 Å². The largest absolute Gasteiger partial charge is 0.479 e. The molecule has 3 N–H and O–H groups in total. The summed E-state index contributed by atoms with van der Waals surface area (Å²) < 4.78 is 28.3. The van der Waals surface area contributed by atoms with Crippen molar-refractivity contribution in [3.8, 4) is 0 Å². The van der Waals surface area contributed by atoms with Crippen LogP contribution in [0.15, 0.2) is 72.9 Å². The first kappa shape index (κ1) is 65.2. The summed E-state index contributed by atoms with van der Waals surface area (Å²) in [5.74, 6) is -3.17. The van der Waals surface area contributed by atoms with E-state index in [9.17, 15) is 34.5 Å². The van der Waals surface area contributed by atoms with Crippen molar-refractivity contribution in [2.75, 3.05) is 13.2 Å². The standard InChI is InChI=1S/C59H98O12/c1-4-7-10-13-16-19-22-24-25-26-27-29-31-33-36-39-42-45-51(60)67-48-50(69-52(61)46-43-40-37-35-32-28-23-20-17-14-11-8-5-2)49-68-59-57(55(64)54(63)56(71-59)58(65)66)70-53(62)47-44-41-38-34-30-21-18-15-12-9-6-3/h7-8,10-11,16-17,19-20,24-25,28,32,50,54-57,59,63-64H,4-6,9,12-15,18,21-23,26-27,29-31,33-49H2,1-3H3,(H,65,66)/b10-7-,11-8-,19-16-,20-17-,25-24-,32-28-. The molecule has 0 aliphatic carbocycles. The number of carboxylic acids is 1. The lowest BCUT2D eigenvalue weighted by Gasteiger charge is -2.40. The van der Waals surface area contributed by atoms with E-state index in [4.69, 9.17) is 23.7 Å². The first-order valence-electron chi connectivity index (χ1n) is 27.9. The first-order chi connectivity index (χ1) is 34.6. The van der Waals surface area contributed by atoms with Gasteiger partial charge in [0.2, 0.25) is 0 Å². The van der Waals surface area contributed by atoms with Crippen LogP contribution in [0.5, 0.6) is 0 Å². The molecule has 6 unspecified atom stereocenters. The Balaban J connectivity index is 2.72. The van der Waals surface area contributed by atoms with Crippen LogP contribution < -0.4 is 0 Å². The van der Waals surface area contributed by atoms with Gasteiger partial charge in [-0.2, -0.15) is 0 Å². The van der Waals surface area contributed by atoms with Gasteiger partial charge in [-0.25, -0.2) is 4.79 Å². The van der Waals surface area contributed by atoms with Gasteiger partial charge in [0, 0.05) is 19.3 Å². The van der Waals surface area contributed by atoms with Crippen LogP contribution in [0.3, 0.4) is 0 Å². The lowest BCUT2D eigenvalue weighted by Crippen LogP contribution is -2.61. The zero-order chi connectivity index (χ0) is 51.8. The van der Waals surface area contributed by atoms with Crippen LogP contribution in [-0.2, 0) is 42.9 Å². The average molecular weight is 999 g/mol. The van der Waals surface area contributed by atoms with Gasteiger partial charge in [-0.15, -0.1) is 0 Å². The molecule has 0 saturated carbocycles. The predicted octanol–water partition coefficient (Wildman–Crippen LogP) is 13.8. The van der Waals surface area contributed by atoms with Crippen molar-refractivity contribution in [3.63, 3.8) is 0 Å². The van der Waals surface area contributed by atoms with Crippen molar-refractivity contribution in [2.45, 2.75) is 263 Å². The van der Waals surface area contributed by atoms with Gasteiger partial charge in [0.1, 0.15) is 18.8 Å². The second-order valence-corrected chi connectivity index (χ2v) is 18.8. The molecule has 1 saturated heterocycles. The molecule has 71 heavy (non-hydrogen) atoms. The van der Waals surface area contributed by atoms with Crippen LogP contribution in [0.4, 0.5) is 0 Å². The molecule has 1 rings (SSSR count). The molecule has 1 aliphatic heterocycles. The molecule has 1 heterocycles. The maximum atomic E-state index is 13.1. The number of allylic oxidation sites excluding steroid dienone is 12. The molecule has 406 valence electrons. The second kappa shape index (κ2) is 47.2. The van der Waals surface area contributed by atoms with E-state index < -0.39 is 67.3 Å². The Kier molecular flexibility index (Phi) is 43.3. The van der Waals surface area contributed by atoms with Crippen LogP contribution in [0, 0.1) is 0 Å². The Morgan fingerprint density at radius 3 is 1.37 bits per heavy atom. The number of carbonyl (C=O) groups is 4. The summed E-state index contributed by atoms with van der Waals surface area (Å²) >= 11 is 0. The number of aliphatic hydroxyl groups excluding tert-OH is 2. The third-order valence-electron chi connectivity index (χ3n) is 12.3. The summed E-state index contributed by atoms with van der Waals surface area (Å²) in [6.45, 7) is 5.71. The SMILES string of the molecule is CC/C=C\C/C=C\C/C=C\CCCCCCCCCC(=O)OCC(COC1OC(C(=O)O)C(O)C(O)C1OC(=O)CCCCCCCCCCCCC)OC(=O)CCCCC/C=C\C/C=C\C/C=C\CC. The highest BCUT2D eigenvalue weighted by molar-refractivity contribution is 5.74. The number of hydrogen-bond donors (Lipinski definition) is 3. The van der Waals surface area contributed by atoms with E-state index in [0.29, 0.717) is 19.3 Å². The lowest BCUT2D eigenvalue weighted by atomic mass is 9.98. The lowest BCUT2D eigenvalue weighted by molar-refractivity contribution is -0.301. The third-order valence-corrected chi connectivity index (χ3v) is 12.3. The molecule has 0 spiro atoms. The van der Waals surface area contributed by atoms with Crippen LogP contribution in [0.25, 0.3) is 0 Å². The molecule has 0 bridgehead atoms. The Hall–Kier alpha value is -3.84. The van der Waals surface area contributed by atoms with E-state index in [0.717, 1.165) is 122 Å². The summed E-state index contributed by atoms with van der Waals surface area (Å²) in [6.07, 6.45) is 46.0. The molecule has 6 atom stereocenters. The minimum atomic E-state index is -1.91. The monoisotopic (exact) mass is 999 g/mol. The number of unbranched alkanes of at least 4 members (excludes halogenated alkanes) is 20. The maximum Gasteiger partial charge on any atom is 0.335 e. The van der Waals surface area contributed by atoms with Gasteiger partial charge in [0.25, 0.3) is 0 Å². The maximum absolute atomic E-state index is 13.1. The van der Waals surface area contributed by atoms with E-state index in [2.05, 4.69) is 93.7 Å². The molecular weight excluding hydrogens is 901 g/mol. The summed E-state index contributed by atoms with van der Waals surface area (Å²) in [5, 5.41) is 31.4. The van der Waals surface area contributed by atoms with Crippen LogP contribution >= 0.6 is 0 Å². The predicted molar refractivity (Wildman–Crippen MR) is 285 cm³/mol. The summed E-state index contributed by atoms with van der Waals surface area (Å²) in [6, 6.07) is 0. The van der Waals surface area contributed by atoms with Gasteiger partial charge < -0.3 is 39.0 Å². The summed E-state index contributed by atoms with van der Waals surface area (Å²) in [7, 11) is 0. The van der Waals surface area contributed by atoms with Crippen LogP contribution in [0.2, 0.25) is 0 Å². The van der Waals surface area contributed by atoms with Crippen molar-refractivity contribution in [2.24, 2.45) is 0 Å². The average Bonchev–Trinajstić information content (AvgIpc) is 3.35. The van der Waals surface area contributed by atoms with Crippen molar-refractivity contribution in [3.05, 3.63) is 72.9 Å². The van der Waals surface area contributed by atoms with Gasteiger partial charge in [-0.1, -0.05) is 196 Å². The van der Waals surface area contributed by atoms with Crippen molar-refractivity contribution in [1.29, 1.82) is 0 Å². The summed E-state index contributed by atoms with van der Waals surface area (Å²) in [5.41, 5.74) is 0. The fourth-order valence-corrected chi connectivity index (χ4v) is 8.04. The minimum absolute atomic E-state index is 0.0562. The molecule has 0 radical (unpaired) electrons. The number of hydrogen-bond acceptors (Lipinski definition) is 11. The van der Waals surface area contributed by atoms with Gasteiger partial charge in [-0.05, 0) is 83.5 Å². The second-order valence-electron chi connectivity index (χ2n) is 18.8. The van der Waals surface area contributed by atoms with E-state index in [1.54, 1.807) is 0 Å².